The highest BCUT2D eigenvalue weighted by Gasteiger charge is 2.31. The molecular formula is C24H42N5O6-. The van der Waals surface area contributed by atoms with Crippen LogP contribution in [0.25, 0.3) is 0 Å². The number of hydrogen-bond acceptors (Lipinski definition) is 6. The third-order valence-corrected chi connectivity index (χ3v) is 6.13. The van der Waals surface area contributed by atoms with Crippen LogP contribution in [0.4, 0.5) is 4.79 Å². The Kier molecular flexibility index (Phi) is 12.5. The molecular weight excluding hydrogens is 454 g/mol. The van der Waals surface area contributed by atoms with Crippen LogP contribution in [0.5, 0.6) is 0 Å². The van der Waals surface area contributed by atoms with Gasteiger partial charge in [0.1, 0.15) is 12.1 Å². The van der Waals surface area contributed by atoms with Gasteiger partial charge in [0.25, 0.3) is 0 Å². The van der Waals surface area contributed by atoms with E-state index in [9.17, 15) is 29.1 Å². The van der Waals surface area contributed by atoms with Crippen LogP contribution in [0.2, 0.25) is 0 Å². The molecule has 0 bridgehead atoms. The SMILES string of the molecule is CC(C)[C@H](NC(=O)N[C@H](C(=O)N[C@H]1CCCCNC(=O)CC[C@H](C(C)C)NC1=O)C(C)C)C(=O)[O-]. The van der Waals surface area contributed by atoms with Gasteiger partial charge >= 0.3 is 6.03 Å². The van der Waals surface area contributed by atoms with E-state index in [-0.39, 0.29) is 29.7 Å². The molecule has 1 fully saturated rings. The Morgan fingerprint density at radius 3 is 2.06 bits per heavy atom. The number of carbonyl (C=O) groups is 5. The minimum absolute atomic E-state index is 0.0437. The van der Waals surface area contributed by atoms with Gasteiger partial charge in [-0.3, -0.25) is 14.4 Å². The lowest BCUT2D eigenvalue weighted by atomic mass is 9.97. The number of urea groups is 1. The van der Waals surface area contributed by atoms with Crippen molar-refractivity contribution in [3.63, 3.8) is 0 Å². The highest BCUT2D eigenvalue weighted by molar-refractivity contribution is 5.92. The summed E-state index contributed by atoms with van der Waals surface area (Å²) in [5, 5.41) is 24.7. The van der Waals surface area contributed by atoms with E-state index in [4.69, 9.17) is 0 Å². The average Bonchev–Trinajstić information content (AvgIpc) is 2.75. The zero-order chi connectivity index (χ0) is 26.7. The number of rotatable bonds is 8. The Morgan fingerprint density at radius 1 is 0.914 bits per heavy atom. The standard InChI is InChI=1S/C24H43N5O6/c1-13(2)16-10-11-18(30)25-12-8-7-9-17(21(31)26-16)27-22(32)19(14(3)4)28-24(35)29-20(15(5)6)23(33)34/h13-17,19-20H,7-12H2,1-6H3,(H,25,30)(H,26,31)(H,27,32)(H,33,34)(H2,28,29,35)/p-1/t16-,17+,19+,20+/m1/s1. The van der Waals surface area contributed by atoms with Crippen molar-refractivity contribution in [3.05, 3.63) is 0 Å². The van der Waals surface area contributed by atoms with Crippen molar-refractivity contribution in [2.75, 3.05) is 6.54 Å². The average molecular weight is 497 g/mol. The van der Waals surface area contributed by atoms with Crippen LogP contribution < -0.4 is 31.7 Å². The Hall–Kier alpha value is -2.85. The van der Waals surface area contributed by atoms with E-state index < -0.39 is 42.0 Å². The predicted octanol–water partition coefficient (Wildman–Crippen LogP) is -0.209. The van der Waals surface area contributed by atoms with E-state index in [0.29, 0.717) is 38.6 Å². The number of carbonyl (C=O) groups excluding carboxylic acids is 5. The molecule has 35 heavy (non-hydrogen) atoms. The van der Waals surface area contributed by atoms with Crippen molar-refractivity contribution in [1.82, 2.24) is 26.6 Å². The zero-order valence-corrected chi connectivity index (χ0v) is 21.7. The summed E-state index contributed by atoms with van der Waals surface area (Å²) in [6.07, 6.45) is 2.43. The number of amides is 5. The van der Waals surface area contributed by atoms with E-state index >= 15 is 0 Å². The first-order valence-corrected chi connectivity index (χ1v) is 12.5. The van der Waals surface area contributed by atoms with Crippen molar-refractivity contribution in [2.24, 2.45) is 17.8 Å². The summed E-state index contributed by atoms with van der Waals surface area (Å²) < 4.78 is 0. The van der Waals surface area contributed by atoms with Crippen LogP contribution in [-0.4, -0.2) is 60.4 Å². The maximum atomic E-state index is 13.1. The lowest BCUT2D eigenvalue weighted by Gasteiger charge is -2.29. The number of hydrogen-bond donors (Lipinski definition) is 5. The van der Waals surface area contributed by atoms with E-state index in [1.54, 1.807) is 27.7 Å². The van der Waals surface area contributed by atoms with Gasteiger partial charge in [0.15, 0.2) is 0 Å². The summed E-state index contributed by atoms with van der Waals surface area (Å²) in [5.41, 5.74) is 0. The molecule has 0 aromatic heterocycles. The molecule has 0 unspecified atom stereocenters. The maximum Gasteiger partial charge on any atom is 0.315 e. The number of nitrogens with one attached hydrogen (secondary N) is 5. The predicted molar refractivity (Wildman–Crippen MR) is 129 cm³/mol. The molecule has 5 amide bonds. The van der Waals surface area contributed by atoms with Crippen LogP contribution in [0.3, 0.4) is 0 Å². The third-order valence-electron chi connectivity index (χ3n) is 6.13. The van der Waals surface area contributed by atoms with Crippen molar-refractivity contribution >= 4 is 29.7 Å². The molecule has 0 spiro atoms. The van der Waals surface area contributed by atoms with Gasteiger partial charge in [0, 0.05) is 19.0 Å². The summed E-state index contributed by atoms with van der Waals surface area (Å²) in [5.74, 6) is -2.96. The summed E-state index contributed by atoms with van der Waals surface area (Å²) in [6, 6.07) is -4.04. The molecule has 0 aromatic rings. The molecule has 11 nitrogen and oxygen atoms in total. The number of carboxylic acid groups (broad SMARTS) is 1. The number of aliphatic carboxylic acids is 1. The Balaban J connectivity index is 2.94. The molecule has 1 heterocycles. The Morgan fingerprint density at radius 2 is 1.51 bits per heavy atom. The molecule has 1 aliphatic rings. The normalized spacial score (nSPS) is 21.7. The minimum atomic E-state index is -1.42. The fourth-order valence-corrected chi connectivity index (χ4v) is 3.82. The van der Waals surface area contributed by atoms with E-state index in [0.717, 1.165) is 0 Å². The highest BCUT2D eigenvalue weighted by Crippen LogP contribution is 2.12. The Bertz CT molecular complexity index is 755. The third kappa shape index (κ3) is 10.5. The Labute approximate surface area is 207 Å². The summed E-state index contributed by atoms with van der Waals surface area (Å²) in [6.45, 7) is 11.1. The highest BCUT2D eigenvalue weighted by atomic mass is 16.4. The zero-order valence-electron chi connectivity index (χ0n) is 21.7. The fraction of sp³-hybridized carbons (Fsp3) is 0.792. The van der Waals surface area contributed by atoms with E-state index in [1.807, 2.05) is 13.8 Å². The second-order valence-electron chi connectivity index (χ2n) is 10.2. The van der Waals surface area contributed by atoms with Gasteiger partial charge in [-0.25, -0.2) is 4.79 Å². The van der Waals surface area contributed by atoms with Gasteiger partial charge in [0.05, 0.1) is 12.0 Å². The quantitative estimate of drug-likeness (QED) is 0.311. The molecule has 0 aromatic carbocycles. The van der Waals surface area contributed by atoms with Crippen molar-refractivity contribution in [1.29, 1.82) is 0 Å². The fourth-order valence-electron chi connectivity index (χ4n) is 3.82. The second kappa shape index (κ2) is 14.5. The topological polar surface area (TPSA) is 169 Å². The number of carboxylic acids is 1. The molecule has 0 aliphatic carbocycles. The van der Waals surface area contributed by atoms with E-state index in [1.165, 1.54) is 0 Å². The molecule has 1 rings (SSSR count). The first-order valence-electron chi connectivity index (χ1n) is 12.5. The van der Waals surface area contributed by atoms with Crippen molar-refractivity contribution in [3.8, 4) is 0 Å². The van der Waals surface area contributed by atoms with Gasteiger partial charge < -0.3 is 36.5 Å². The van der Waals surface area contributed by atoms with Crippen LogP contribution in [0, 0.1) is 17.8 Å². The molecule has 1 saturated heterocycles. The molecule has 5 N–H and O–H groups in total. The lowest BCUT2D eigenvalue weighted by molar-refractivity contribution is -0.309. The molecule has 11 heteroatoms. The van der Waals surface area contributed by atoms with Crippen LogP contribution in [0.15, 0.2) is 0 Å². The summed E-state index contributed by atoms with van der Waals surface area (Å²) in [7, 11) is 0. The van der Waals surface area contributed by atoms with Crippen LogP contribution in [0.1, 0.15) is 73.6 Å². The smallest absolute Gasteiger partial charge is 0.315 e. The first-order chi connectivity index (χ1) is 16.3. The molecule has 1 aliphatic heterocycles. The monoisotopic (exact) mass is 496 g/mol. The second-order valence-corrected chi connectivity index (χ2v) is 10.2. The van der Waals surface area contributed by atoms with Gasteiger partial charge in [-0.2, -0.15) is 0 Å². The van der Waals surface area contributed by atoms with Gasteiger partial charge in [-0.15, -0.1) is 0 Å². The summed E-state index contributed by atoms with van der Waals surface area (Å²) in [4.78, 5) is 61.9. The summed E-state index contributed by atoms with van der Waals surface area (Å²) >= 11 is 0. The van der Waals surface area contributed by atoms with Crippen LogP contribution in [-0.2, 0) is 19.2 Å². The van der Waals surface area contributed by atoms with Gasteiger partial charge in [-0.05, 0) is 43.4 Å². The minimum Gasteiger partial charge on any atom is -0.548 e. The lowest BCUT2D eigenvalue weighted by Crippen LogP contribution is -2.60. The van der Waals surface area contributed by atoms with Crippen molar-refractivity contribution in [2.45, 2.75) is 97.8 Å². The maximum absolute atomic E-state index is 13.1. The molecule has 0 radical (unpaired) electrons. The molecule has 0 saturated carbocycles. The molecule has 200 valence electrons. The van der Waals surface area contributed by atoms with Gasteiger partial charge in [-0.1, -0.05) is 41.5 Å². The van der Waals surface area contributed by atoms with E-state index in [2.05, 4.69) is 26.6 Å². The molecule has 4 atom stereocenters. The van der Waals surface area contributed by atoms with Crippen molar-refractivity contribution < 1.29 is 29.1 Å². The van der Waals surface area contributed by atoms with Gasteiger partial charge in [0.2, 0.25) is 17.7 Å². The first kappa shape index (κ1) is 30.2. The van der Waals surface area contributed by atoms with Crippen LogP contribution >= 0.6 is 0 Å². The largest absolute Gasteiger partial charge is 0.548 e.